The van der Waals surface area contributed by atoms with Gasteiger partial charge in [-0.05, 0) is 41.3 Å². The van der Waals surface area contributed by atoms with Gasteiger partial charge in [-0.1, -0.05) is 13.0 Å². The molecule has 0 aliphatic heterocycles. The zero-order valence-electron chi connectivity index (χ0n) is 12.1. The second kappa shape index (κ2) is 7.49. The summed E-state index contributed by atoms with van der Waals surface area (Å²) >= 11 is 0. The van der Waals surface area contributed by atoms with E-state index < -0.39 is 11.6 Å². The lowest BCUT2D eigenvalue weighted by Gasteiger charge is -2.14. The number of nitrogens with one attached hydrogen (secondary N) is 2. The standard InChI is InChI=1S/C16H17F2N3O/c1-11(13-2-3-14(17)15(18)8-13)9-20-16(22)21-10-12-4-6-19-7-5-12/h2-8,11H,9-10H2,1H3,(H2,20,21,22)/t11-/m1/s1. The van der Waals surface area contributed by atoms with Crippen molar-refractivity contribution in [2.45, 2.75) is 19.4 Å². The van der Waals surface area contributed by atoms with Crippen molar-refractivity contribution in [1.29, 1.82) is 0 Å². The third-order valence-electron chi connectivity index (χ3n) is 3.28. The molecule has 1 heterocycles. The van der Waals surface area contributed by atoms with Gasteiger partial charge in [-0.25, -0.2) is 13.6 Å². The fraction of sp³-hybridized carbons (Fsp3) is 0.250. The molecule has 0 spiro atoms. The van der Waals surface area contributed by atoms with Crippen LogP contribution in [0.15, 0.2) is 42.7 Å². The Labute approximate surface area is 127 Å². The molecule has 0 saturated heterocycles. The van der Waals surface area contributed by atoms with Crippen molar-refractivity contribution in [3.63, 3.8) is 0 Å². The number of benzene rings is 1. The molecular formula is C16H17F2N3O. The molecule has 0 unspecified atom stereocenters. The first-order valence-corrected chi connectivity index (χ1v) is 6.92. The largest absolute Gasteiger partial charge is 0.338 e. The molecule has 2 rings (SSSR count). The van der Waals surface area contributed by atoms with Crippen LogP contribution in [0.1, 0.15) is 24.0 Å². The van der Waals surface area contributed by atoms with Gasteiger partial charge in [0.25, 0.3) is 0 Å². The van der Waals surface area contributed by atoms with Crippen LogP contribution in [0, 0.1) is 11.6 Å². The number of carbonyl (C=O) groups is 1. The highest BCUT2D eigenvalue weighted by Gasteiger charge is 2.10. The predicted molar refractivity (Wildman–Crippen MR) is 79.2 cm³/mol. The molecule has 22 heavy (non-hydrogen) atoms. The van der Waals surface area contributed by atoms with E-state index in [1.54, 1.807) is 12.4 Å². The number of aromatic nitrogens is 1. The lowest BCUT2D eigenvalue weighted by atomic mass is 10.0. The molecule has 2 aromatic rings. The summed E-state index contributed by atoms with van der Waals surface area (Å²) in [4.78, 5) is 15.6. The van der Waals surface area contributed by atoms with Crippen LogP contribution < -0.4 is 10.6 Å². The first-order valence-electron chi connectivity index (χ1n) is 6.92. The number of amides is 2. The molecular weight excluding hydrogens is 288 g/mol. The van der Waals surface area contributed by atoms with Crippen molar-refractivity contribution >= 4 is 6.03 Å². The van der Waals surface area contributed by atoms with Crippen molar-refractivity contribution in [3.05, 3.63) is 65.5 Å². The third-order valence-corrected chi connectivity index (χ3v) is 3.28. The van der Waals surface area contributed by atoms with Gasteiger partial charge in [-0.3, -0.25) is 4.98 Å². The minimum Gasteiger partial charge on any atom is -0.338 e. The van der Waals surface area contributed by atoms with Gasteiger partial charge in [0.2, 0.25) is 0 Å². The minimum atomic E-state index is -0.883. The fourth-order valence-electron chi connectivity index (χ4n) is 1.93. The summed E-state index contributed by atoms with van der Waals surface area (Å²) in [5.74, 6) is -1.88. The van der Waals surface area contributed by atoms with E-state index in [0.717, 1.165) is 17.7 Å². The minimum absolute atomic E-state index is 0.123. The summed E-state index contributed by atoms with van der Waals surface area (Å²) in [6.07, 6.45) is 3.31. The number of rotatable bonds is 5. The van der Waals surface area contributed by atoms with Crippen molar-refractivity contribution in [2.75, 3.05) is 6.54 Å². The molecule has 2 amide bonds. The van der Waals surface area contributed by atoms with Crippen LogP contribution in [0.2, 0.25) is 0 Å². The van der Waals surface area contributed by atoms with Gasteiger partial charge >= 0.3 is 6.03 Å². The Kier molecular flexibility index (Phi) is 5.41. The summed E-state index contributed by atoms with van der Waals surface area (Å²) in [6, 6.07) is 7.06. The molecule has 1 aromatic heterocycles. The molecule has 116 valence electrons. The zero-order valence-corrected chi connectivity index (χ0v) is 12.1. The third kappa shape index (κ3) is 4.51. The van der Waals surface area contributed by atoms with E-state index >= 15 is 0 Å². The number of carbonyl (C=O) groups excluding carboxylic acids is 1. The van der Waals surface area contributed by atoms with Gasteiger partial charge in [0.05, 0.1) is 0 Å². The van der Waals surface area contributed by atoms with Crippen LogP contribution in [0.25, 0.3) is 0 Å². The van der Waals surface area contributed by atoms with Gasteiger partial charge in [-0.2, -0.15) is 0 Å². The van der Waals surface area contributed by atoms with Gasteiger partial charge in [0, 0.05) is 25.5 Å². The Morgan fingerprint density at radius 3 is 2.55 bits per heavy atom. The smallest absolute Gasteiger partial charge is 0.315 e. The topological polar surface area (TPSA) is 54.0 Å². The van der Waals surface area contributed by atoms with Crippen LogP contribution in [0.5, 0.6) is 0 Å². The molecule has 0 bridgehead atoms. The van der Waals surface area contributed by atoms with E-state index in [1.165, 1.54) is 6.07 Å². The quantitative estimate of drug-likeness (QED) is 0.892. The maximum atomic E-state index is 13.2. The van der Waals surface area contributed by atoms with E-state index in [-0.39, 0.29) is 11.9 Å². The van der Waals surface area contributed by atoms with E-state index in [0.29, 0.717) is 18.7 Å². The highest BCUT2D eigenvalue weighted by Crippen LogP contribution is 2.17. The summed E-state index contributed by atoms with van der Waals surface area (Å²) < 4.78 is 26.0. The van der Waals surface area contributed by atoms with E-state index in [2.05, 4.69) is 15.6 Å². The fourth-order valence-corrected chi connectivity index (χ4v) is 1.93. The van der Waals surface area contributed by atoms with Gasteiger partial charge in [0.15, 0.2) is 11.6 Å². The van der Waals surface area contributed by atoms with Gasteiger partial charge in [0.1, 0.15) is 0 Å². The molecule has 2 N–H and O–H groups in total. The maximum absolute atomic E-state index is 13.2. The number of nitrogens with zero attached hydrogens (tertiary/aromatic N) is 1. The molecule has 0 radical (unpaired) electrons. The monoisotopic (exact) mass is 305 g/mol. The Balaban J connectivity index is 1.79. The molecule has 0 saturated carbocycles. The van der Waals surface area contributed by atoms with Crippen LogP contribution in [0.3, 0.4) is 0 Å². The number of urea groups is 1. The van der Waals surface area contributed by atoms with Crippen LogP contribution in [-0.2, 0) is 6.54 Å². The molecule has 1 aromatic carbocycles. The van der Waals surface area contributed by atoms with Crippen LogP contribution >= 0.6 is 0 Å². The number of hydrogen-bond donors (Lipinski definition) is 2. The molecule has 4 nitrogen and oxygen atoms in total. The molecule has 0 fully saturated rings. The Bertz CT molecular complexity index is 635. The van der Waals surface area contributed by atoms with Gasteiger partial charge < -0.3 is 10.6 Å². The van der Waals surface area contributed by atoms with Crippen molar-refractivity contribution in [2.24, 2.45) is 0 Å². The van der Waals surface area contributed by atoms with E-state index in [1.807, 2.05) is 19.1 Å². The Hall–Kier alpha value is -2.50. The highest BCUT2D eigenvalue weighted by molar-refractivity contribution is 5.73. The number of pyridine rings is 1. The first-order chi connectivity index (χ1) is 10.6. The van der Waals surface area contributed by atoms with E-state index in [4.69, 9.17) is 0 Å². The second-order valence-electron chi connectivity index (χ2n) is 4.99. The van der Waals surface area contributed by atoms with Crippen LogP contribution in [0.4, 0.5) is 13.6 Å². The second-order valence-corrected chi connectivity index (χ2v) is 4.99. The SMILES string of the molecule is C[C@H](CNC(=O)NCc1ccncc1)c1ccc(F)c(F)c1. The van der Waals surface area contributed by atoms with Crippen molar-refractivity contribution in [1.82, 2.24) is 15.6 Å². The maximum Gasteiger partial charge on any atom is 0.315 e. The lowest BCUT2D eigenvalue weighted by Crippen LogP contribution is -2.37. The van der Waals surface area contributed by atoms with Crippen molar-refractivity contribution in [3.8, 4) is 0 Å². The molecule has 0 aliphatic rings. The van der Waals surface area contributed by atoms with Crippen LogP contribution in [-0.4, -0.2) is 17.6 Å². The summed E-state index contributed by atoms with van der Waals surface area (Å²) in [5, 5.41) is 5.42. The van der Waals surface area contributed by atoms with Crippen molar-refractivity contribution < 1.29 is 13.6 Å². The number of hydrogen-bond acceptors (Lipinski definition) is 2. The molecule has 6 heteroatoms. The average Bonchev–Trinajstić information content (AvgIpc) is 2.54. The number of halogens is 2. The average molecular weight is 305 g/mol. The first kappa shape index (κ1) is 15.9. The summed E-state index contributed by atoms with van der Waals surface area (Å²) in [5.41, 5.74) is 1.58. The summed E-state index contributed by atoms with van der Waals surface area (Å²) in [6.45, 7) is 2.55. The molecule has 0 aliphatic carbocycles. The summed E-state index contributed by atoms with van der Waals surface area (Å²) in [7, 11) is 0. The zero-order chi connectivity index (χ0) is 15.9. The Morgan fingerprint density at radius 2 is 1.86 bits per heavy atom. The normalized spacial score (nSPS) is 11.8. The predicted octanol–water partition coefficient (Wildman–Crippen LogP) is 2.96. The van der Waals surface area contributed by atoms with Gasteiger partial charge in [-0.15, -0.1) is 0 Å². The highest BCUT2D eigenvalue weighted by atomic mass is 19.2. The lowest BCUT2D eigenvalue weighted by molar-refractivity contribution is 0.240. The Morgan fingerprint density at radius 1 is 1.14 bits per heavy atom. The molecule has 1 atom stereocenters. The van der Waals surface area contributed by atoms with E-state index in [9.17, 15) is 13.6 Å².